The topological polar surface area (TPSA) is 23.5 Å². The smallest absolute Gasteiger partial charge is 0.0731 e. The Morgan fingerprint density at radius 1 is 1.50 bits per heavy atom. The van der Waals surface area contributed by atoms with Gasteiger partial charge in [-0.2, -0.15) is 0 Å². The lowest BCUT2D eigenvalue weighted by Gasteiger charge is -2.18. The van der Waals surface area contributed by atoms with Gasteiger partial charge in [0.2, 0.25) is 0 Å². The third kappa shape index (κ3) is 1.86. The highest BCUT2D eigenvalue weighted by Crippen LogP contribution is 2.25. The summed E-state index contributed by atoms with van der Waals surface area (Å²) in [5.41, 5.74) is 2.20. The SMILES string of the molecule is Cc1ccc(N2CCC(O)C2)cc1Cl. The maximum Gasteiger partial charge on any atom is 0.0731 e. The van der Waals surface area contributed by atoms with Gasteiger partial charge in [0.1, 0.15) is 0 Å². The first kappa shape index (κ1) is 9.81. The molecule has 1 saturated heterocycles. The van der Waals surface area contributed by atoms with E-state index in [2.05, 4.69) is 11.0 Å². The molecule has 14 heavy (non-hydrogen) atoms. The van der Waals surface area contributed by atoms with Crippen molar-refractivity contribution < 1.29 is 5.11 Å². The van der Waals surface area contributed by atoms with Crippen molar-refractivity contribution in [3.63, 3.8) is 0 Å². The number of rotatable bonds is 1. The second-order valence-electron chi connectivity index (χ2n) is 3.82. The Morgan fingerprint density at radius 3 is 2.86 bits per heavy atom. The van der Waals surface area contributed by atoms with Crippen molar-refractivity contribution in [3.05, 3.63) is 28.8 Å². The van der Waals surface area contributed by atoms with Crippen LogP contribution in [0.25, 0.3) is 0 Å². The Morgan fingerprint density at radius 2 is 2.29 bits per heavy atom. The molecule has 1 unspecified atom stereocenters. The molecule has 1 aromatic rings. The Labute approximate surface area is 89.1 Å². The maximum absolute atomic E-state index is 9.41. The molecule has 1 fully saturated rings. The molecule has 1 aliphatic heterocycles. The molecule has 0 aromatic heterocycles. The number of hydrogen-bond donors (Lipinski definition) is 1. The van der Waals surface area contributed by atoms with Gasteiger partial charge >= 0.3 is 0 Å². The van der Waals surface area contributed by atoms with Gasteiger partial charge in [0.15, 0.2) is 0 Å². The van der Waals surface area contributed by atoms with Crippen LogP contribution in [0.5, 0.6) is 0 Å². The highest BCUT2D eigenvalue weighted by molar-refractivity contribution is 6.31. The molecular weight excluding hydrogens is 198 g/mol. The molecule has 3 heteroatoms. The second-order valence-corrected chi connectivity index (χ2v) is 4.23. The number of halogens is 1. The summed E-state index contributed by atoms with van der Waals surface area (Å²) in [7, 11) is 0. The largest absolute Gasteiger partial charge is 0.391 e. The van der Waals surface area contributed by atoms with Crippen molar-refractivity contribution in [2.45, 2.75) is 19.4 Å². The van der Waals surface area contributed by atoms with E-state index in [1.165, 1.54) is 0 Å². The Bertz CT molecular complexity index is 340. The predicted octanol–water partition coefficient (Wildman–Crippen LogP) is 2.22. The average molecular weight is 212 g/mol. The zero-order valence-electron chi connectivity index (χ0n) is 8.20. The summed E-state index contributed by atoms with van der Waals surface area (Å²) in [6.07, 6.45) is 0.668. The summed E-state index contributed by atoms with van der Waals surface area (Å²) in [5.74, 6) is 0. The van der Waals surface area contributed by atoms with E-state index in [1.54, 1.807) is 0 Å². The van der Waals surface area contributed by atoms with Gasteiger partial charge in [-0.3, -0.25) is 0 Å². The fourth-order valence-electron chi connectivity index (χ4n) is 1.75. The zero-order valence-corrected chi connectivity index (χ0v) is 8.96. The summed E-state index contributed by atoms with van der Waals surface area (Å²) in [5, 5.41) is 10.2. The van der Waals surface area contributed by atoms with Gasteiger partial charge in [0, 0.05) is 23.8 Å². The maximum atomic E-state index is 9.41. The molecule has 0 saturated carbocycles. The standard InChI is InChI=1S/C11H14ClNO/c1-8-2-3-9(6-11(8)12)13-5-4-10(14)7-13/h2-3,6,10,14H,4-5,7H2,1H3. The van der Waals surface area contributed by atoms with Crippen LogP contribution >= 0.6 is 11.6 Å². The lowest BCUT2D eigenvalue weighted by atomic mass is 10.2. The van der Waals surface area contributed by atoms with Crippen LogP contribution in [0.2, 0.25) is 5.02 Å². The highest BCUT2D eigenvalue weighted by atomic mass is 35.5. The Kier molecular flexibility index (Phi) is 2.66. The Balaban J connectivity index is 2.20. The highest BCUT2D eigenvalue weighted by Gasteiger charge is 2.20. The molecule has 0 radical (unpaired) electrons. The lowest BCUT2D eigenvalue weighted by molar-refractivity contribution is 0.198. The quantitative estimate of drug-likeness (QED) is 0.770. The van der Waals surface area contributed by atoms with Crippen LogP contribution in [0.3, 0.4) is 0 Å². The van der Waals surface area contributed by atoms with E-state index < -0.39 is 0 Å². The van der Waals surface area contributed by atoms with Crippen molar-refractivity contribution in [2.75, 3.05) is 18.0 Å². The van der Waals surface area contributed by atoms with Crippen molar-refractivity contribution in [2.24, 2.45) is 0 Å². The van der Waals surface area contributed by atoms with E-state index in [4.69, 9.17) is 11.6 Å². The molecule has 0 spiro atoms. The van der Waals surface area contributed by atoms with E-state index in [9.17, 15) is 5.11 Å². The summed E-state index contributed by atoms with van der Waals surface area (Å²) in [6.45, 7) is 3.63. The molecule has 1 aromatic carbocycles. The monoisotopic (exact) mass is 211 g/mol. The number of nitrogens with zero attached hydrogens (tertiary/aromatic N) is 1. The summed E-state index contributed by atoms with van der Waals surface area (Å²) < 4.78 is 0. The van der Waals surface area contributed by atoms with E-state index in [0.717, 1.165) is 35.8 Å². The molecule has 1 heterocycles. The second kappa shape index (κ2) is 3.79. The van der Waals surface area contributed by atoms with E-state index in [-0.39, 0.29) is 6.10 Å². The van der Waals surface area contributed by atoms with Gasteiger partial charge in [0.05, 0.1) is 6.10 Å². The first-order chi connectivity index (χ1) is 6.66. The number of β-amino-alcohol motifs (C(OH)–C–C–N with tert-alkyl or cyclic N) is 1. The number of aryl methyl sites for hydroxylation is 1. The molecule has 1 N–H and O–H groups in total. The molecule has 76 valence electrons. The van der Waals surface area contributed by atoms with Crippen LogP contribution in [0.15, 0.2) is 18.2 Å². The number of aliphatic hydroxyl groups is 1. The fraction of sp³-hybridized carbons (Fsp3) is 0.455. The fourth-order valence-corrected chi connectivity index (χ4v) is 1.93. The lowest BCUT2D eigenvalue weighted by Crippen LogP contribution is -2.20. The molecule has 1 atom stereocenters. The first-order valence-electron chi connectivity index (χ1n) is 4.86. The van der Waals surface area contributed by atoms with Crippen LogP contribution in [0.4, 0.5) is 5.69 Å². The Hall–Kier alpha value is -0.730. The van der Waals surface area contributed by atoms with Gasteiger partial charge in [-0.05, 0) is 31.0 Å². The van der Waals surface area contributed by atoms with Gasteiger partial charge in [-0.15, -0.1) is 0 Å². The number of hydrogen-bond acceptors (Lipinski definition) is 2. The molecule has 0 aliphatic carbocycles. The van der Waals surface area contributed by atoms with Crippen molar-refractivity contribution in [3.8, 4) is 0 Å². The number of benzene rings is 1. The first-order valence-corrected chi connectivity index (χ1v) is 5.24. The van der Waals surface area contributed by atoms with Gasteiger partial charge < -0.3 is 10.0 Å². The van der Waals surface area contributed by atoms with E-state index in [1.807, 2.05) is 19.1 Å². The summed E-state index contributed by atoms with van der Waals surface area (Å²) >= 11 is 6.04. The minimum absolute atomic E-state index is 0.185. The molecular formula is C11H14ClNO. The van der Waals surface area contributed by atoms with Crippen LogP contribution in [-0.4, -0.2) is 24.3 Å². The van der Waals surface area contributed by atoms with E-state index in [0.29, 0.717) is 0 Å². The summed E-state index contributed by atoms with van der Waals surface area (Å²) in [6, 6.07) is 6.04. The molecule has 1 aliphatic rings. The molecule has 0 amide bonds. The number of anilines is 1. The van der Waals surface area contributed by atoms with Crippen LogP contribution < -0.4 is 4.90 Å². The number of aliphatic hydroxyl groups excluding tert-OH is 1. The van der Waals surface area contributed by atoms with Crippen LogP contribution in [0.1, 0.15) is 12.0 Å². The van der Waals surface area contributed by atoms with Crippen molar-refractivity contribution in [1.82, 2.24) is 0 Å². The molecule has 0 bridgehead atoms. The van der Waals surface area contributed by atoms with Gasteiger partial charge in [0.25, 0.3) is 0 Å². The van der Waals surface area contributed by atoms with Gasteiger partial charge in [-0.1, -0.05) is 17.7 Å². The van der Waals surface area contributed by atoms with Crippen LogP contribution in [-0.2, 0) is 0 Å². The van der Waals surface area contributed by atoms with E-state index >= 15 is 0 Å². The predicted molar refractivity (Wildman–Crippen MR) is 59.0 cm³/mol. The zero-order chi connectivity index (χ0) is 10.1. The minimum atomic E-state index is -0.185. The normalized spacial score (nSPS) is 21.6. The van der Waals surface area contributed by atoms with Crippen molar-refractivity contribution >= 4 is 17.3 Å². The molecule has 2 rings (SSSR count). The third-order valence-corrected chi connectivity index (χ3v) is 3.09. The van der Waals surface area contributed by atoms with Crippen LogP contribution in [0, 0.1) is 6.92 Å². The molecule has 2 nitrogen and oxygen atoms in total. The third-order valence-electron chi connectivity index (χ3n) is 2.68. The average Bonchev–Trinajstić information content (AvgIpc) is 2.57. The summed E-state index contributed by atoms with van der Waals surface area (Å²) in [4.78, 5) is 2.16. The van der Waals surface area contributed by atoms with Crippen molar-refractivity contribution in [1.29, 1.82) is 0 Å². The minimum Gasteiger partial charge on any atom is -0.391 e. The van der Waals surface area contributed by atoms with Gasteiger partial charge in [-0.25, -0.2) is 0 Å².